The number of carbonyl (C=O) groups excluding carboxylic acids is 4. The van der Waals surface area contributed by atoms with Gasteiger partial charge in [0.15, 0.2) is 12.2 Å². The van der Waals surface area contributed by atoms with Gasteiger partial charge in [-0.25, -0.2) is 9.13 Å². The van der Waals surface area contributed by atoms with E-state index in [0.717, 1.165) is 122 Å². The predicted molar refractivity (Wildman–Crippen MR) is 418 cm³/mol. The fourth-order valence-electron chi connectivity index (χ4n) is 10.3. The fourth-order valence-corrected chi connectivity index (χ4v) is 11.9. The van der Waals surface area contributed by atoms with E-state index in [9.17, 15) is 43.2 Å². The third kappa shape index (κ3) is 73.8. The third-order valence-corrected chi connectivity index (χ3v) is 18.3. The molecule has 0 heterocycles. The number of rotatable bonds is 74. The zero-order valence-electron chi connectivity index (χ0n) is 64.0. The summed E-state index contributed by atoms with van der Waals surface area (Å²) in [5.74, 6) is -2.31. The van der Waals surface area contributed by atoms with Crippen molar-refractivity contribution in [2.45, 2.75) is 341 Å². The summed E-state index contributed by atoms with van der Waals surface area (Å²) in [6.45, 7) is 4.67. The lowest BCUT2D eigenvalue weighted by Crippen LogP contribution is -2.30. The fraction of sp³-hybridized carbons (Fsp3) is 0.711. The van der Waals surface area contributed by atoms with Gasteiger partial charge >= 0.3 is 39.5 Å². The van der Waals surface area contributed by atoms with Gasteiger partial charge in [0.2, 0.25) is 0 Å². The number of aliphatic hydroxyl groups is 1. The van der Waals surface area contributed by atoms with E-state index in [4.69, 9.17) is 37.0 Å². The molecule has 586 valence electrons. The van der Waals surface area contributed by atoms with Crippen LogP contribution in [0.4, 0.5) is 0 Å². The van der Waals surface area contributed by atoms with Crippen molar-refractivity contribution < 1.29 is 80.2 Å². The topological polar surface area (TPSA) is 237 Å². The molecule has 0 aromatic rings. The van der Waals surface area contributed by atoms with Gasteiger partial charge in [-0.1, -0.05) is 284 Å². The number of aliphatic hydroxyl groups excluding tert-OH is 1. The van der Waals surface area contributed by atoms with Gasteiger partial charge in [-0.2, -0.15) is 0 Å². The highest BCUT2D eigenvalue weighted by atomic mass is 31.2. The van der Waals surface area contributed by atoms with Crippen LogP contribution in [0.2, 0.25) is 0 Å². The van der Waals surface area contributed by atoms with Gasteiger partial charge in [0.1, 0.15) is 19.3 Å². The van der Waals surface area contributed by atoms with Crippen LogP contribution < -0.4 is 0 Å². The van der Waals surface area contributed by atoms with Gasteiger partial charge in [-0.05, 0) is 135 Å². The molecule has 0 aliphatic rings. The second kappa shape index (κ2) is 74.7. The highest BCUT2D eigenvalue weighted by molar-refractivity contribution is 7.47. The molecule has 0 saturated carbocycles. The van der Waals surface area contributed by atoms with Crippen molar-refractivity contribution in [2.24, 2.45) is 0 Å². The number of allylic oxidation sites excluding steroid dienone is 20. The maximum atomic E-state index is 13.1. The van der Waals surface area contributed by atoms with Crippen molar-refractivity contribution in [3.8, 4) is 0 Å². The van der Waals surface area contributed by atoms with Crippen LogP contribution in [0.15, 0.2) is 122 Å². The SMILES string of the molecule is CCCCC/C=C\C/C=C\C/C=C\C/C=C\CCCC(=O)OC[C@H](COP(=O)(O)OC[C@@H](O)COP(=O)(O)OC[C@@H](COC(=O)CCC/C=C\C/C=C\C/C=C\C/C=C\CCCCC)OC(=O)CCCCCCCCCCCCCCC)OC(=O)CCCCCCC/C=C\C/C=C\CCCCC. The molecule has 0 aliphatic heterocycles. The van der Waals surface area contributed by atoms with E-state index in [-0.39, 0.29) is 25.7 Å². The first kappa shape index (κ1) is 97.5. The molecule has 0 bridgehead atoms. The minimum Gasteiger partial charge on any atom is -0.462 e. The molecule has 0 spiro atoms. The lowest BCUT2D eigenvalue weighted by molar-refractivity contribution is -0.161. The van der Waals surface area contributed by atoms with Crippen molar-refractivity contribution in [1.29, 1.82) is 0 Å². The number of carbonyl (C=O) groups is 4. The number of hydrogen-bond donors (Lipinski definition) is 3. The lowest BCUT2D eigenvalue weighted by atomic mass is 10.0. The van der Waals surface area contributed by atoms with Gasteiger partial charge in [0.05, 0.1) is 26.4 Å². The summed E-state index contributed by atoms with van der Waals surface area (Å²) in [6, 6.07) is 0. The molecule has 19 heteroatoms. The minimum atomic E-state index is -5.00. The maximum Gasteiger partial charge on any atom is 0.472 e. The second-order valence-corrected chi connectivity index (χ2v) is 29.2. The molecule has 0 fully saturated rings. The Morgan fingerprint density at radius 3 is 0.784 bits per heavy atom. The minimum absolute atomic E-state index is 0.0645. The van der Waals surface area contributed by atoms with Gasteiger partial charge in [0, 0.05) is 25.7 Å². The average molecular weight is 1470 g/mol. The molecule has 3 N–H and O–H groups in total. The van der Waals surface area contributed by atoms with Crippen LogP contribution >= 0.6 is 15.6 Å². The third-order valence-electron chi connectivity index (χ3n) is 16.4. The van der Waals surface area contributed by atoms with Crippen molar-refractivity contribution in [1.82, 2.24) is 0 Å². The molecule has 0 aromatic heterocycles. The van der Waals surface area contributed by atoms with E-state index in [1.54, 1.807) is 0 Å². The molecule has 2 unspecified atom stereocenters. The Kier molecular flexibility index (Phi) is 71.4. The van der Waals surface area contributed by atoms with Gasteiger partial charge in [-0.15, -0.1) is 0 Å². The van der Waals surface area contributed by atoms with Crippen LogP contribution in [0.5, 0.6) is 0 Å². The number of phosphoric acid groups is 2. The Bertz CT molecular complexity index is 2410. The number of unbranched alkanes of at least 4 members (excludes halogenated alkanes) is 28. The molecule has 0 amide bonds. The standard InChI is InChI=1S/C83H142O17P2/c1-5-9-13-17-21-25-29-33-36-38-41-44-47-51-55-59-63-67-80(85)93-73-78(99-82(87)69-65-61-57-53-49-43-32-28-24-20-16-12-8-4)75-97-101(89,90)95-71-77(84)72-96-102(91,92)98-76-79(100-83(88)70-66-62-58-54-50-46-40-35-31-27-23-19-15-11-7-3)74-94-81(86)68-64-60-56-52-48-45-42-39-37-34-30-26-22-18-14-10-6-2/h21-23,25-27,33-37,40-42,44-45,51-52,55-56,77-79,84H,5-20,24,28-32,38-39,43,46-50,53-54,57-76H2,1-4H3,(H,89,90)(H,91,92)/b25-21-,26-22-,27-23-,36-33-,37-34-,40-35-,44-41-,45-42-,55-51-,56-52-/t77-,78+,79+/m0/s1. The van der Waals surface area contributed by atoms with Gasteiger partial charge in [-0.3, -0.25) is 37.3 Å². The predicted octanol–water partition coefficient (Wildman–Crippen LogP) is 23.1. The number of ether oxygens (including phenoxy) is 4. The summed E-state index contributed by atoms with van der Waals surface area (Å²) < 4.78 is 68.5. The molecule has 17 nitrogen and oxygen atoms in total. The van der Waals surface area contributed by atoms with Crippen LogP contribution in [-0.4, -0.2) is 96.7 Å². The maximum absolute atomic E-state index is 13.1. The van der Waals surface area contributed by atoms with Crippen molar-refractivity contribution in [3.63, 3.8) is 0 Å². The molecule has 102 heavy (non-hydrogen) atoms. The first-order valence-corrected chi connectivity index (χ1v) is 42.8. The molecule has 0 aliphatic carbocycles. The first-order chi connectivity index (χ1) is 49.7. The summed E-state index contributed by atoms with van der Waals surface area (Å²) in [5, 5.41) is 10.6. The Balaban J connectivity index is 5.45. The molecule has 0 saturated heterocycles. The largest absolute Gasteiger partial charge is 0.472 e. The molecule has 0 aromatic carbocycles. The first-order valence-electron chi connectivity index (χ1n) is 39.8. The van der Waals surface area contributed by atoms with Crippen LogP contribution in [0.25, 0.3) is 0 Å². The summed E-state index contributed by atoms with van der Waals surface area (Å²) >= 11 is 0. The molecular formula is C83H142O17P2. The van der Waals surface area contributed by atoms with E-state index in [1.165, 1.54) is 109 Å². The van der Waals surface area contributed by atoms with Crippen molar-refractivity contribution >= 4 is 39.5 Å². The van der Waals surface area contributed by atoms with E-state index in [2.05, 4.69) is 125 Å². The van der Waals surface area contributed by atoms with Crippen LogP contribution in [-0.2, 0) is 65.4 Å². The Morgan fingerprint density at radius 2 is 0.490 bits per heavy atom. The van der Waals surface area contributed by atoms with E-state index in [1.807, 2.05) is 24.3 Å². The van der Waals surface area contributed by atoms with Gasteiger partial charge in [0.25, 0.3) is 0 Å². The van der Waals surface area contributed by atoms with Crippen LogP contribution in [0.3, 0.4) is 0 Å². The normalized spacial score (nSPS) is 14.5. The quantitative estimate of drug-likeness (QED) is 0.0169. The molecular weight excluding hydrogens is 1330 g/mol. The zero-order chi connectivity index (χ0) is 74.6. The number of hydrogen-bond acceptors (Lipinski definition) is 15. The van der Waals surface area contributed by atoms with E-state index < -0.39 is 97.5 Å². The molecule has 0 radical (unpaired) electrons. The van der Waals surface area contributed by atoms with Crippen molar-refractivity contribution in [3.05, 3.63) is 122 Å². The van der Waals surface area contributed by atoms with Crippen LogP contribution in [0.1, 0.15) is 323 Å². The molecule has 5 atom stereocenters. The molecule has 0 rings (SSSR count). The van der Waals surface area contributed by atoms with E-state index in [0.29, 0.717) is 38.5 Å². The Labute approximate surface area is 619 Å². The number of esters is 4. The second-order valence-electron chi connectivity index (χ2n) is 26.3. The highest BCUT2D eigenvalue weighted by Crippen LogP contribution is 2.45. The smallest absolute Gasteiger partial charge is 0.462 e. The summed E-state index contributed by atoms with van der Waals surface area (Å²) in [7, 11) is -9.99. The zero-order valence-corrected chi connectivity index (χ0v) is 65.8. The van der Waals surface area contributed by atoms with Gasteiger partial charge < -0.3 is 33.8 Å². The summed E-state index contributed by atoms with van der Waals surface area (Å²) in [6.07, 6.45) is 81.9. The summed E-state index contributed by atoms with van der Waals surface area (Å²) in [5.41, 5.74) is 0. The Hall–Kier alpha value is -4.54. The monoisotopic (exact) mass is 1470 g/mol. The highest BCUT2D eigenvalue weighted by Gasteiger charge is 2.30. The number of phosphoric ester groups is 2. The van der Waals surface area contributed by atoms with Crippen molar-refractivity contribution in [2.75, 3.05) is 39.6 Å². The average Bonchev–Trinajstić information content (AvgIpc) is 0.939. The summed E-state index contributed by atoms with van der Waals surface area (Å²) in [4.78, 5) is 72.9. The van der Waals surface area contributed by atoms with E-state index >= 15 is 0 Å². The van der Waals surface area contributed by atoms with Crippen LogP contribution in [0, 0.1) is 0 Å². The Morgan fingerprint density at radius 1 is 0.275 bits per heavy atom. The lowest BCUT2D eigenvalue weighted by Gasteiger charge is -2.21.